The molecule has 1 atom stereocenters. The molecule has 1 aromatic heterocycles. The highest BCUT2D eigenvalue weighted by Gasteiger charge is 2.22. The molecule has 0 radical (unpaired) electrons. The molecule has 4 nitrogen and oxygen atoms in total. The number of hydrogen-bond acceptors (Lipinski definition) is 3. The molecule has 0 amide bonds. The summed E-state index contributed by atoms with van der Waals surface area (Å²) in [5.74, 6) is 0. The normalized spacial score (nSPS) is 18.6. The average molecular weight is 243 g/mol. The summed E-state index contributed by atoms with van der Waals surface area (Å²) >= 11 is 0. The Labute approximate surface area is 106 Å². The number of likely N-dealkylation sites (N-methyl/N-ethyl adjacent to an activating group) is 1. The number of ether oxygens (including phenoxy) is 1. The van der Waals surface area contributed by atoms with Crippen LogP contribution in [0.2, 0.25) is 0 Å². The Morgan fingerprint density at radius 3 is 3.22 bits per heavy atom. The van der Waals surface area contributed by atoms with Gasteiger partial charge in [-0.25, -0.2) is 0 Å². The first-order chi connectivity index (χ1) is 8.90. The molecule has 4 heteroatoms. The van der Waals surface area contributed by atoms with Gasteiger partial charge in [0, 0.05) is 18.3 Å². The second kappa shape index (κ2) is 4.92. The van der Waals surface area contributed by atoms with E-state index in [9.17, 15) is 0 Å². The molecule has 1 aromatic carbocycles. The number of rotatable bonds is 3. The smallest absolute Gasteiger partial charge is 0.0952 e. The molecule has 18 heavy (non-hydrogen) atoms. The van der Waals surface area contributed by atoms with Crippen molar-refractivity contribution >= 4 is 0 Å². The zero-order valence-corrected chi connectivity index (χ0v) is 10.4. The number of nitrogens with zero attached hydrogens (tertiary/aromatic N) is 1. The second-order valence-electron chi connectivity index (χ2n) is 4.53. The van der Waals surface area contributed by atoms with Gasteiger partial charge in [0.15, 0.2) is 0 Å². The molecular weight excluding hydrogens is 226 g/mol. The summed E-state index contributed by atoms with van der Waals surface area (Å²) in [6.07, 6.45) is 4.94. The number of aromatic amines is 1. The monoisotopic (exact) mass is 243 g/mol. The summed E-state index contributed by atoms with van der Waals surface area (Å²) in [4.78, 5) is 0. The van der Waals surface area contributed by atoms with E-state index in [4.69, 9.17) is 4.74 Å². The zero-order valence-electron chi connectivity index (χ0n) is 10.4. The van der Waals surface area contributed by atoms with Crippen molar-refractivity contribution in [2.24, 2.45) is 0 Å². The van der Waals surface area contributed by atoms with Gasteiger partial charge in [0.25, 0.3) is 0 Å². The van der Waals surface area contributed by atoms with Gasteiger partial charge in [-0.15, -0.1) is 0 Å². The summed E-state index contributed by atoms with van der Waals surface area (Å²) in [6, 6.07) is 6.42. The van der Waals surface area contributed by atoms with Crippen LogP contribution >= 0.6 is 0 Å². The minimum Gasteiger partial charge on any atom is -0.372 e. The lowest BCUT2D eigenvalue weighted by Gasteiger charge is -2.27. The maximum atomic E-state index is 5.83. The maximum absolute atomic E-state index is 5.83. The summed E-state index contributed by atoms with van der Waals surface area (Å²) in [5.41, 5.74) is 5.11. The Kier molecular flexibility index (Phi) is 3.13. The van der Waals surface area contributed by atoms with Crippen molar-refractivity contribution in [1.29, 1.82) is 0 Å². The summed E-state index contributed by atoms with van der Waals surface area (Å²) in [5, 5.41) is 10.1. The molecule has 94 valence electrons. The molecule has 2 heterocycles. The topological polar surface area (TPSA) is 49.9 Å². The number of fused-ring (bicyclic) bond motifs is 1. The van der Waals surface area contributed by atoms with E-state index in [0.717, 1.165) is 25.1 Å². The van der Waals surface area contributed by atoms with E-state index >= 15 is 0 Å². The summed E-state index contributed by atoms with van der Waals surface area (Å²) in [7, 11) is 1.96. The van der Waals surface area contributed by atoms with Crippen molar-refractivity contribution in [3.8, 4) is 11.1 Å². The van der Waals surface area contributed by atoms with E-state index in [2.05, 4.69) is 33.7 Å². The van der Waals surface area contributed by atoms with Crippen LogP contribution in [-0.4, -0.2) is 30.4 Å². The number of aromatic nitrogens is 2. The zero-order chi connectivity index (χ0) is 12.4. The SMILES string of the molecule is CNC[C@@H]1OCCc2c(-c3cn[nH]c3)cccc21. The third-order valence-electron chi connectivity index (χ3n) is 3.43. The standard InChI is InChI=1S/C14H17N3O/c1-15-9-14-13-4-2-3-11(10-7-16-17-8-10)12(13)5-6-18-14/h2-4,7-8,14-15H,5-6,9H2,1H3,(H,16,17)/t14-/m0/s1. The molecule has 0 saturated carbocycles. The van der Waals surface area contributed by atoms with E-state index in [0.29, 0.717) is 0 Å². The number of benzene rings is 1. The Balaban J connectivity index is 2.06. The van der Waals surface area contributed by atoms with Crippen LogP contribution in [-0.2, 0) is 11.2 Å². The van der Waals surface area contributed by atoms with Gasteiger partial charge >= 0.3 is 0 Å². The lowest BCUT2D eigenvalue weighted by Crippen LogP contribution is -2.25. The van der Waals surface area contributed by atoms with Crippen LogP contribution in [0, 0.1) is 0 Å². The van der Waals surface area contributed by atoms with Crippen molar-refractivity contribution in [1.82, 2.24) is 15.5 Å². The lowest BCUT2D eigenvalue weighted by molar-refractivity contribution is 0.0440. The van der Waals surface area contributed by atoms with Gasteiger partial charge in [-0.2, -0.15) is 5.10 Å². The molecule has 0 spiro atoms. The number of nitrogens with one attached hydrogen (secondary N) is 2. The fourth-order valence-electron chi connectivity index (χ4n) is 2.60. The Morgan fingerprint density at radius 2 is 2.44 bits per heavy atom. The van der Waals surface area contributed by atoms with E-state index in [1.54, 1.807) is 0 Å². The van der Waals surface area contributed by atoms with Crippen LogP contribution in [0.15, 0.2) is 30.6 Å². The number of H-pyrrole nitrogens is 1. The molecule has 0 aliphatic carbocycles. The van der Waals surface area contributed by atoms with Gasteiger partial charge in [-0.3, -0.25) is 5.10 Å². The van der Waals surface area contributed by atoms with Gasteiger partial charge in [0.05, 0.1) is 18.9 Å². The molecule has 0 fully saturated rings. The second-order valence-corrected chi connectivity index (χ2v) is 4.53. The Morgan fingerprint density at radius 1 is 1.50 bits per heavy atom. The molecule has 2 aromatic rings. The molecule has 2 N–H and O–H groups in total. The molecule has 1 aliphatic rings. The fraction of sp³-hybridized carbons (Fsp3) is 0.357. The minimum absolute atomic E-state index is 0.158. The van der Waals surface area contributed by atoms with Crippen molar-refractivity contribution in [3.63, 3.8) is 0 Å². The van der Waals surface area contributed by atoms with Crippen molar-refractivity contribution in [2.45, 2.75) is 12.5 Å². The first kappa shape index (κ1) is 11.4. The molecule has 0 saturated heterocycles. The summed E-state index contributed by atoms with van der Waals surface area (Å²) in [6.45, 7) is 1.63. The number of hydrogen-bond donors (Lipinski definition) is 2. The van der Waals surface area contributed by atoms with E-state index < -0.39 is 0 Å². The molecule has 3 rings (SSSR count). The van der Waals surface area contributed by atoms with Gasteiger partial charge in [-0.1, -0.05) is 18.2 Å². The van der Waals surface area contributed by atoms with Crippen LogP contribution < -0.4 is 5.32 Å². The van der Waals surface area contributed by atoms with Crippen molar-refractivity contribution in [3.05, 3.63) is 41.7 Å². The van der Waals surface area contributed by atoms with Crippen LogP contribution in [0.3, 0.4) is 0 Å². The van der Waals surface area contributed by atoms with Crippen LogP contribution in [0.1, 0.15) is 17.2 Å². The predicted molar refractivity (Wildman–Crippen MR) is 70.3 cm³/mol. The lowest BCUT2D eigenvalue weighted by atomic mass is 9.90. The van der Waals surface area contributed by atoms with Gasteiger partial charge in [-0.05, 0) is 30.2 Å². The van der Waals surface area contributed by atoms with Gasteiger partial charge < -0.3 is 10.1 Å². The van der Waals surface area contributed by atoms with Crippen molar-refractivity contribution in [2.75, 3.05) is 20.2 Å². The molecular formula is C14H17N3O. The predicted octanol–water partition coefficient (Wildman–Crippen LogP) is 1.91. The highest BCUT2D eigenvalue weighted by atomic mass is 16.5. The first-order valence-corrected chi connectivity index (χ1v) is 6.27. The minimum atomic E-state index is 0.158. The van der Waals surface area contributed by atoms with Crippen LogP contribution in [0.25, 0.3) is 11.1 Å². The third-order valence-corrected chi connectivity index (χ3v) is 3.43. The Hall–Kier alpha value is -1.65. The quantitative estimate of drug-likeness (QED) is 0.865. The molecule has 0 unspecified atom stereocenters. The highest BCUT2D eigenvalue weighted by Crippen LogP contribution is 2.33. The van der Waals surface area contributed by atoms with Gasteiger partial charge in [0.1, 0.15) is 0 Å². The largest absolute Gasteiger partial charge is 0.372 e. The van der Waals surface area contributed by atoms with Crippen LogP contribution in [0.5, 0.6) is 0 Å². The Bertz CT molecular complexity index is 522. The van der Waals surface area contributed by atoms with Gasteiger partial charge in [0.2, 0.25) is 0 Å². The summed E-state index contributed by atoms with van der Waals surface area (Å²) < 4.78 is 5.83. The highest BCUT2D eigenvalue weighted by molar-refractivity contribution is 5.68. The maximum Gasteiger partial charge on any atom is 0.0952 e. The third kappa shape index (κ3) is 1.94. The molecule has 0 bridgehead atoms. The molecule has 1 aliphatic heterocycles. The average Bonchev–Trinajstić information content (AvgIpc) is 2.93. The van der Waals surface area contributed by atoms with Crippen molar-refractivity contribution < 1.29 is 4.74 Å². The van der Waals surface area contributed by atoms with E-state index in [-0.39, 0.29) is 6.10 Å². The fourth-order valence-corrected chi connectivity index (χ4v) is 2.60. The first-order valence-electron chi connectivity index (χ1n) is 6.27. The van der Waals surface area contributed by atoms with E-state index in [1.165, 1.54) is 16.7 Å². The van der Waals surface area contributed by atoms with E-state index in [1.807, 2.05) is 19.4 Å². The van der Waals surface area contributed by atoms with Crippen LogP contribution in [0.4, 0.5) is 0 Å².